The zero-order valence-electron chi connectivity index (χ0n) is 12.0. The minimum absolute atomic E-state index is 0.304. The van der Waals surface area contributed by atoms with Crippen molar-refractivity contribution in [2.45, 2.75) is 0 Å². The molecule has 0 aliphatic carbocycles. The normalized spacial score (nSPS) is 10.5. The third-order valence-electron chi connectivity index (χ3n) is 3.54. The van der Waals surface area contributed by atoms with Gasteiger partial charge in [0.05, 0.1) is 12.1 Å². The van der Waals surface area contributed by atoms with Gasteiger partial charge in [-0.05, 0) is 23.3 Å². The summed E-state index contributed by atoms with van der Waals surface area (Å²) in [5, 5.41) is 0.464. The number of para-hydroxylation sites is 1. The lowest BCUT2D eigenvalue weighted by Gasteiger charge is -2.12. The zero-order chi connectivity index (χ0) is 15.5. The van der Waals surface area contributed by atoms with Gasteiger partial charge in [0.1, 0.15) is 11.6 Å². The molecule has 0 aliphatic rings. The van der Waals surface area contributed by atoms with E-state index >= 15 is 0 Å². The Kier molecular flexibility index (Phi) is 4.12. The van der Waals surface area contributed by atoms with Crippen LogP contribution in [0.5, 0.6) is 5.75 Å². The molecule has 3 heteroatoms. The quantitative estimate of drug-likeness (QED) is 0.592. The average Bonchev–Trinajstić information content (AvgIpc) is 2.55. The fraction of sp³-hybridized carbons (Fsp3) is 0.0526. The molecule has 3 aromatic carbocycles. The number of benzene rings is 3. The highest BCUT2D eigenvalue weighted by molar-refractivity contribution is 6.32. The number of hydrogen-bond donors (Lipinski definition) is 0. The van der Waals surface area contributed by atoms with Gasteiger partial charge in [-0.1, -0.05) is 66.2 Å². The molecule has 0 aromatic heterocycles. The average molecular weight is 313 g/mol. The highest BCUT2D eigenvalue weighted by atomic mass is 35.5. The second-order valence-electron chi connectivity index (χ2n) is 4.88. The van der Waals surface area contributed by atoms with Crippen LogP contribution in [0.2, 0.25) is 5.02 Å². The smallest absolute Gasteiger partial charge is 0.145 e. The number of hydrogen-bond acceptors (Lipinski definition) is 1. The Morgan fingerprint density at radius 2 is 1.59 bits per heavy atom. The van der Waals surface area contributed by atoms with Crippen molar-refractivity contribution in [3.05, 3.63) is 77.6 Å². The van der Waals surface area contributed by atoms with Gasteiger partial charge in [-0.2, -0.15) is 0 Å². The Morgan fingerprint density at radius 1 is 0.818 bits per heavy atom. The van der Waals surface area contributed by atoms with Crippen molar-refractivity contribution in [3.8, 4) is 28.0 Å². The zero-order valence-corrected chi connectivity index (χ0v) is 12.8. The highest BCUT2D eigenvalue weighted by Gasteiger charge is 2.14. The molecule has 110 valence electrons. The maximum Gasteiger partial charge on any atom is 0.145 e. The molecule has 3 aromatic rings. The van der Waals surface area contributed by atoms with E-state index in [1.54, 1.807) is 24.3 Å². The molecule has 0 bridgehead atoms. The van der Waals surface area contributed by atoms with Crippen LogP contribution in [0.1, 0.15) is 0 Å². The van der Waals surface area contributed by atoms with Gasteiger partial charge in [0.25, 0.3) is 0 Å². The molecular weight excluding hydrogens is 299 g/mol. The van der Waals surface area contributed by atoms with Crippen LogP contribution in [0.25, 0.3) is 22.3 Å². The molecule has 0 radical (unpaired) electrons. The van der Waals surface area contributed by atoms with E-state index < -0.39 is 0 Å². The first-order valence-corrected chi connectivity index (χ1v) is 7.26. The van der Waals surface area contributed by atoms with E-state index in [0.717, 1.165) is 11.1 Å². The van der Waals surface area contributed by atoms with E-state index in [-0.39, 0.29) is 5.82 Å². The van der Waals surface area contributed by atoms with Gasteiger partial charge in [-0.3, -0.25) is 0 Å². The van der Waals surface area contributed by atoms with Crippen LogP contribution in [-0.4, -0.2) is 7.11 Å². The fourth-order valence-corrected chi connectivity index (χ4v) is 2.72. The van der Waals surface area contributed by atoms with Crippen molar-refractivity contribution in [3.63, 3.8) is 0 Å². The van der Waals surface area contributed by atoms with E-state index in [0.29, 0.717) is 21.9 Å². The van der Waals surface area contributed by atoms with Gasteiger partial charge in [-0.25, -0.2) is 4.39 Å². The Hall–Kier alpha value is -2.32. The lowest BCUT2D eigenvalue weighted by atomic mass is 9.99. The Balaban J connectivity index is 2.09. The Bertz CT molecular complexity index is 800. The van der Waals surface area contributed by atoms with Crippen molar-refractivity contribution in [2.24, 2.45) is 0 Å². The van der Waals surface area contributed by atoms with E-state index in [2.05, 4.69) is 0 Å². The van der Waals surface area contributed by atoms with Crippen LogP contribution < -0.4 is 4.74 Å². The first-order chi connectivity index (χ1) is 10.7. The largest absolute Gasteiger partial charge is 0.495 e. The predicted molar refractivity (Wildman–Crippen MR) is 88.8 cm³/mol. The molecule has 0 spiro atoms. The van der Waals surface area contributed by atoms with Crippen molar-refractivity contribution in [2.75, 3.05) is 7.11 Å². The highest BCUT2D eigenvalue weighted by Crippen LogP contribution is 2.38. The molecule has 22 heavy (non-hydrogen) atoms. The van der Waals surface area contributed by atoms with Gasteiger partial charge >= 0.3 is 0 Å². The van der Waals surface area contributed by atoms with Crippen molar-refractivity contribution < 1.29 is 9.13 Å². The third-order valence-corrected chi connectivity index (χ3v) is 3.84. The SMILES string of the molecule is COc1c(Cl)cccc1-c1ccc(-c2ccccc2)cc1F. The summed E-state index contributed by atoms with van der Waals surface area (Å²) in [4.78, 5) is 0. The minimum atomic E-state index is -0.304. The summed E-state index contributed by atoms with van der Waals surface area (Å²) in [6.45, 7) is 0. The number of ether oxygens (including phenoxy) is 1. The van der Waals surface area contributed by atoms with Crippen molar-refractivity contribution >= 4 is 11.6 Å². The van der Waals surface area contributed by atoms with Gasteiger partial charge in [0, 0.05) is 11.1 Å². The molecule has 1 nitrogen and oxygen atoms in total. The topological polar surface area (TPSA) is 9.23 Å². The summed E-state index contributed by atoms with van der Waals surface area (Å²) >= 11 is 6.11. The summed E-state index contributed by atoms with van der Waals surface area (Å²) in [6.07, 6.45) is 0. The van der Waals surface area contributed by atoms with Crippen molar-refractivity contribution in [1.82, 2.24) is 0 Å². The minimum Gasteiger partial charge on any atom is -0.495 e. The number of methoxy groups -OCH3 is 1. The Labute approximate surface area is 133 Å². The molecule has 0 fully saturated rings. The lowest BCUT2D eigenvalue weighted by molar-refractivity contribution is 0.416. The van der Waals surface area contributed by atoms with Crippen LogP contribution in [0, 0.1) is 5.82 Å². The summed E-state index contributed by atoms with van der Waals surface area (Å²) in [5.74, 6) is 0.178. The van der Waals surface area contributed by atoms with E-state index in [9.17, 15) is 4.39 Å². The molecule has 0 heterocycles. The second-order valence-corrected chi connectivity index (χ2v) is 5.29. The number of halogens is 2. The van der Waals surface area contributed by atoms with E-state index in [1.165, 1.54) is 13.2 Å². The van der Waals surface area contributed by atoms with Gasteiger partial charge < -0.3 is 4.74 Å². The summed E-state index contributed by atoms with van der Waals surface area (Å²) in [7, 11) is 1.53. The van der Waals surface area contributed by atoms with Crippen LogP contribution >= 0.6 is 11.6 Å². The maximum atomic E-state index is 14.6. The summed E-state index contributed by atoms with van der Waals surface area (Å²) < 4.78 is 19.9. The fourth-order valence-electron chi connectivity index (χ4n) is 2.47. The molecule has 0 saturated heterocycles. The molecule has 3 rings (SSSR count). The molecule has 0 amide bonds. The summed E-state index contributed by atoms with van der Waals surface area (Å²) in [5.41, 5.74) is 2.93. The van der Waals surface area contributed by atoms with E-state index in [1.807, 2.05) is 36.4 Å². The van der Waals surface area contributed by atoms with Gasteiger partial charge in [0.2, 0.25) is 0 Å². The van der Waals surface area contributed by atoms with Gasteiger partial charge in [0.15, 0.2) is 0 Å². The third kappa shape index (κ3) is 2.70. The maximum absolute atomic E-state index is 14.6. The molecule has 0 atom stereocenters. The molecule has 0 saturated carbocycles. The molecule has 0 unspecified atom stereocenters. The molecule has 0 N–H and O–H groups in total. The Morgan fingerprint density at radius 3 is 2.27 bits per heavy atom. The van der Waals surface area contributed by atoms with Crippen LogP contribution in [0.3, 0.4) is 0 Å². The van der Waals surface area contributed by atoms with E-state index in [4.69, 9.17) is 16.3 Å². The first kappa shape index (κ1) is 14.6. The standard InChI is InChI=1S/C19H14ClFO/c1-22-19-16(8-5-9-17(19)20)15-11-10-14(12-18(15)21)13-6-3-2-4-7-13/h2-12H,1H3. The lowest BCUT2D eigenvalue weighted by Crippen LogP contribution is -1.92. The predicted octanol–water partition coefficient (Wildman–Crippen LogP) is 5.82. The second kappa shape index (κ2) is 6.20. The molecular formula is C19H14ClFO. The first-order valence-electron chi connectivity index (χ1n) is 6.88. The number of rotatable bonds is 3. The van der Waals surface area contributed by atoms with Crippen LogP contribution in [0.4, 0.5) is 4.39 Å². The van der Waals surface area contributed by atoms with Crippen LogP contribution in [-0.2, 0) is 0 Å². The van der Waals surface area contributed by atoms with Gasteiger partial charge in [-0.15, -0.1) is 0 Å². The van der Waals surface area contributed by atoms with Crippen LogP contribution in [0.15, 0.2) is 66.7 Å². The molecule has 0 aliphatic heterocycles. The summed E-state index contributed by atoms with van der Waals surface area (Å²) in [6, 6.07) is 20.2. The monoisotopic (exact) mass is 312 g/mol. The van der Waals surface area contributed by atoms with Crippen molar-refractivity contribution in [1.29, 1.82) is 0 Å².